The number of para-hydroxylation sites is 4. The lowest BCUT2D eigenvalue weighted by molar-refractivity contribution is 0.435. The standard InChI is InChI=1S/C61H33N7O/c62-33-36-22-26-53-44(29-36)45-30-37(34-63)23-27-54(45)66(53)38-24-25-46-57(32-38)69-56-21-9-20-55(68-51-18-7-3-13-42(51)43-14-4-8-19-52(43)68)58(56)61(46)47-15-10-28-64-59(47)60-48(61)31-39(35-65-60)67-49-16-5-1-11-40(49)41-12-2-6-17-50(41)67/h1-32,35H. The monoisotopic (exact) mass is 879 g/mol. The van der Waals surface area contributed by atoms with E-state index < -0.39 is 5.41 Å². The van der Waals surface area contributed by atoms with Crippen LogP contribution in [0.25, 0.3) is 93.9 Å². The summed E-state index contributed by atoms with van der Waals surface area (Å²) in [5, 5.41) is 26.4. The molecule has 8 heteroatoms. The van der Waals surface area contributed by atoms with Crippen molar-refractivity contribution in [3.05, 3.63) is 234 Å². The number of pyridine rings is 2. The molecule has 318 valence electrons. The van der Waals surface area contributed by atoms with Gasteiger partial charge in [-0.15, -0.1) is 0 Å². The third-order valence-electron chi connectivity index (χ3n) is 14.6. The number of ether oxygens (including phenoxy) is 1. The van der Waals surface area contributed by atoms with Crippen LogP contribution in [0.5, 0.6) is 11.5 Å². The molecule has 1 aliphatic heterocycles. The fourth-order valence-corrected chi connectivity index (χ4v) is 11.9. The van der Waals surface area contributed by atoms with Crippen molar-refractivity contribution in [3.63, 3.8) is 0 Å². The Morgan fingerprint density at radius 2 is 0.957 bits per heavy atom. The predicted molar refractivity (Wildman–Crippen MR) is 272 cm³/mol. The van der Waals surface area contributed by atoms with Crippen molar-refractivity contribution in [1.29, 1.82) is 10.5 Å². The molecule has 2 aliphatic rings. The highest BCUT2D eigenvalue weighted by atomic mass is 16.5. The molecule has 8 aromatic carbocycles. The van der Waals surface area contributed by atoms with Gasteiger partial charge in [-0.25, -0.2) is 0 Å². The minimum Gasteiger partial charge on any atom is -0.457 e. The van der Waals surface area contributed by atoms with Crippen molar-refractivity contribution < 1.29 is 4.74 Å². The van der Waals surface area contributed by atoms with E-state index in [4.69, 9.17) is 14.7 Å². The SMILES string of the molecule is N#Cc1ccc2c(c1)c1cc(C#N)ccc1n2-c1ccc2c(c1)Oc1cccc(-n3c4ccccc4c4ccccc43)c1C21c2cccnc2-c2ncc(-n3c4ccccc4c4ccccc43)cc21. The van der Waals surface area contributed by atoms with Crippen molar-refractivity contribution in [3.8, 4) is 52.1 Å². The number of nitriles is 2. The van der Waals surface area contributed by atoms with E-state index in [0.29, 0.717) is 16.9 Å². The second-order valence-corrected chi connectivity index (χ2v) is 17.9. The normalized spacial score (nSPS) is 14.5. The molecule has 6 heterocycles. The lowest BCUT2D eigenvalue weighted by Crippen LogP contribution is -2.34. The van der Waals surface area contributed by atoms with Gasteiger partial charge >= 0.3 is 0 Å². The van der Waals surface area contributed by atoms with Gasteiger partial charge < -0.3 is 18.4 Å². The molecule has 0 fully saturated rings. The van der Waals surface area contributed by atoms with Crippen LogP contribution in [0, 0.1) is 22.7 Å². The largest absolute Gasteiger partial charge is 0.457 e. The number of rotatable bonds is 3. The van der Waals surface area contributed by atoms with Crippen molar-refractivity contribution >= 4 is 65.4 Å². The molecule has 0 bridgehead atoms. The van der Waals surface area contributed by atoms with E-state index in [1.807, 2.05) is 54.9 Å². The Hall–Kier alpha value is -9.76. The van der Waals surface area contributed by atoms with Gasteiger partial charge in [0, 0.05) is 67.0 Å². The number of hydrogen-bond donors (Lipinski definition) is 0. The molecule has 1 unspecified atom stereocenters. The molecule has 1 atom stereocenters. The molecule has 0 saturated heterocycles. The summed E-state index contributed by atoms with van der Waals surface area (Å²) < 4.78 is 14.3. The summed E-state index contributed by atoms with van der Waals surface area (Å²) in [7, 11) is 0. The van der Waals surface area contributed by atoms with Crippen molar-refractivity contribution in [2.45, 2.75) is 5.41 Å². The second kappa shape index (κ2) is 13.6. The summed E-state index contributed by atoms with van der Waals surface area (Å²) in [5.74, 6) is 1.42. The molecule has 0 amide bonds. The topological polar surface area (TPSA) is 97.4 Å². The molecule has 69 heavy (non-hydrogen) atoms. The fraction of sp³-hybridized carbons (Fsp3) is 0.0164. The molecule has 1 aliphatic carbocycles. The molecule has 0 radical (unpaired) electrons. The smallest absolute Gasteiger partial charge is 0.134 e. The van der Waals surface area contributed by atoms with Crippen LogP contribution in [0.2, 0.25) is 0 Å². The van der Waals surface area contributed by atoms with Gasteiger partial charge in [-0.05, 0) is 96.6 Å². The first-order valence-corrected chi connectivity index (χ1v) is 22.9. The van der Waals surface area contributed by atoms with E-state index in [1.54, 1.807) is 0 Å². The summed E-state index contributed by atoms with van der Waals surface area (Å²) in [6, 6.07) is 70.1. The van der Waals surface area contributed by atoms with Gasteiger partial charge in [-0.2, -0.15) is 10.5 Å². The maximum Gasteiger partial charge on any atom is 0.134 e. The Bertz CT molecular complexity index is 4340. The van der Waals surface area contributed by atoms with Crippen LogP contribution in [-0.2, 0) is 5.41 Å². The number of hydrogen-bond acceptors (Lipinski definition) is 5. The molecular weight excluding hydrogens is 847 g/mol. The quantitative estimate of drug-likeness (QED) is 0.176. The third kappa shape index (κ3) is 4.83. The molecule has 8 nitrogen and oxygen atoms in total. The zero-order valence-corrected chi connectivity index (χ0v) is 36.6. The third-order valence-corrected chi connectivity index (χ3v) is 14.6. The molecule has 13 aromatic rings. The first-order valence-electron chi connectivity index (χ1n) is 22.9. The minimum atomic E-state index is -0.977. The molecule has 0 N–H and O–H groups in total. The van der Waals surface area contributed by atoms with Gasteiger partial charge in [0.1, 0.15) is 11.5 Å². The molecule has 5 aromatic heterocycles. The number of nitrogens with zero attached hydrogens (tertiary/aromatic N) is 7. The van der Waals surface area contributed by atoms with Crippen LogP contribution in [0.1, 0.15) is 33.4 Å². The van der Waals surface area contributed by atoms with E-state index in [1.165, 1.54) is 21.5 Å². The molecule has 0 saturated carbocycles. The lowest BCUT2D eigenvalue weighted by atomic mass is 9.65. The van der Waals surface area contributed by atoms with E-state index in [0.717, 1.165) is 100 Å². The molecule has 15 rings (SSSR count). The lowest BCUT2D eigenvalue weighted by Gasteiger charge is -2.40. The van der Waals surface area contributed by atoms with E-state index >= 15 is 0 Å². The van der Waals surface area contributed by atoms with Crippen LogP contribution in [-0.4, -0.2) is 23.7 Å². The van der Waals surface area contributed by atoms with Crippen molar-refractivity contribution in [2.75, 3.05) is 0 Å². The molecular formula is C61H33N7O. The van der Waals surface area contributed by atoms with Gasteiger partial charge in [0.25, 0.3) is 0 Å². The van der Waals surface area contributed by atoms with E-state index in [2.05, 4.69) is 171 Å². The van der Waals surface area contributed by atoms with Crippen LogP contribution in [0.4, 0.5) is 0 Å². The van der Waals surface area contributed by atoms with Crippen LogP contribution in [0.15, 0.2) is 200 Å². The molecule has 1 spiro atoms. The first-order chi connectivity index (χ1) is 34.1. The predicted octanol–water partition coefficient (Wildman–Crippen LogP) is 14.0. The van der Waals surface area contributed by atoms with E-state index in [-0.39, 0.29) is 0 Å². The Morgan fingerprint density at radius 3 is 1.57 bits per heavy atom. The summed E-state index contributed by atoms with van der Waals surface area (Å²) in [4.78, 5) is 10.6. The maximum atomic E-state index is 9.96. The van der Waals surface area contributed by atoms with Crippen LogP contribution in [0.3, 0.4) is 0 Å². The fourth-order valence-electron chi connectivity index (χ4n) is 11.9. The van der Waals surface area contributed by atoms with Crippen molar-refractivity contribution in [2.24, 2.45) is 0 Å². The first kappa shape index (κ1) is 37.5. The van der Waals surface area contributed by atoms with Gasteiger partial charge in [-0.1, -0.05) is 91.0 Å². The highest BCUT2D eigenvalue weighted by Crippen LogP contribution is 2.63. The highest BCUT2D eigenvalue weighted by molar-refractivity contribution is 6.12. The minimum absolute atomic E-state index is 0.552. The number of aromatic nitrogens is 5. The number of fused-ring (bicyclic) bond motifs is 18. The zero-order valence-electron chi connectivity index (χ0n) is 36.6. The van der Waals surface area contributed by atoms with Crippen LogP contribution >= 0.6 is 0 Å². The Kier molecular flexibility index (Phi) is 7.41. The van der Waals surface area contributed by atoms with E-state index in [9.17, 15) is 10.5 Å². The average Bonchev–Trinajstić information content (AvgIpc) is 4.12. The Morgan fingerprint density at radius 1 is 0.406 bits per heavy atom. The maximum absolute atomic E-state index is 9.96. The van der Waals surface area contributed by atoms with Gasteiger partial charge in [-0.3, -0.25) is 9.97 Å². The number of benzene rings is 8. The average molecular weight is 880 g/mol. The highest BCUT2D eigenvalue weighted by Gasteiger charge is 2.54. The summed E-state index contributed by atoms with van der Waals surface area (Å²) >= 11 is 0. The Labute approximate surface area is 394 Å². The zero-order chi connectivity index (χ0) is 45.5. The van der Waals surface area contributed by atoms with Gasteiger partial charge in [0.2, 0.25) is 0 Å². The Balaban J connectivity index is 1.07. The van der Waals surface area contributed by atoms with Gasteiger partial charge in [0.15, 0.2) is 0 Å². The summed E-state index contributed by atoms with van der Waals surface area (Å²) in [6.45, 7) is 0. The second-order valence-electron chi connectivity index (χ2n) is 17.9. The van der Waals surface area contributed by atoms with Gasteiger partial charge in [0.05, 0.1) is 90.7 Å². The summed E-state index contributed by atoms with van der Waals surface area (Å²) in [5.41, 5.74) is 14.8. The van der Waals surface area contributed by atoms with Crippen LogP contribution < -0.4 is 4.74 Å². The van der Waals surface area contributed by atoms with Crippen molar-refractivity contribution in [1.82, 2.24) is 23.7 Å². The summed E-state index contributed by atoms with van der Waals surface area (Å²) in [6.07, 6.45) is 3.86.